The van der Waals surface area contributed by atoms with E-state index in [1.807, 2.05) is 13.8 Å². The smallest absolute Gasteiger partial charge is 0.166 e. The second-order valence-electron chi connectivity index (χ2n) is 3.98. The minimum atomic E-state index is -0.545. The highest BCUT2D eigenvalue weighted by Crippen LogP contribution is 2.37. The van der Waals surface area contributed by atoms with Gasteiger partial charge in [0.2, 0.25) is 0 Å². The van der Waals surface area contributed by atoms with E-state index < -0.39 is 6.04 Å². The van der Waals surface area contributed by atoms with Gasteiger partial charge >= 0.3 is 0 Å². The molecular formula is C12H18ClNO3. The van der Waals surface area contributed by atoms with E-state index in [1.165, 1.54) is 7.11 Å². The van der Waals surface area contributed by atoms with Crippen LogP contribution in [0.2, 0.25) is 5.02 Å². The van der Waals surface area contributed by atoms with Gasteiger partial charge in [-0.3, -0.25) is 0 Å². The molecule has 1 unspecified atom stereocenters. The van der Waals surface area contributed by atoms with E-state index in [2.05, 4.69) is 0 Å². The van der Waals surface area contributed by atoms with E-state index in [4.69, 9.17) is 31.9 Å². The van der Waals surface area contributed by atoms with Crippen LogP contribution in [0.25, 0.3) is 0 Å². The molecule has 96 valence electrons. The number of nitrogens with two attached hydrogens (primary N) is 1. The first-order valence-electron chi connectivity index (χ1n) is 5.40. The summed E-state index contributed by atoms with van der Waals surface area (Å²) in [5.41, 5.74) is 6.46. The Hall–Kier alpha value is -0.970. The molecule has 0 heterocycles. The number of aliphatic hydroxyl groups is 1. The first-order chi connectivity index (χ1) is 7.99. The molecular weight excluding hydrogens is 242 g/mol. The predicted molar refractivity (Wildman–Crippen MR) is 67.8 cm³/mol. The third kappa shape index (κ3) is 3.49. The maximum atomic E-state index is 9.14. The zero-order valence-electron chi connectivity index (χ0n) is 10.2. The standard InChI is InChI=1S/C12H18ClNO3/c1-7(2)17-12-9(10(14)6-15)4-8(13)5-11(12)16-3/h4-5,7,10,15H,6,14H2,1-3H3. The van der Waals surface area contributed by atoms with Crippen LogP contribution < -0.4 is 15.2 Å². The van der Waals surface area contributed by atoms with Gasteiger partial charge in [0.05, 0.1) is 25.9 Å². The highest BCUT2D eigenvalue weighted by Gasteiger charge is 2.18. The van der Waals surface area contributed by atoms with Crippen LogP contribution >= 0.6 is 11.6 Å². The topological polar surface area (TPSA) is 64.7 Å². The molecule has 0 bridgehead atoms. The van der Waals surface area contributed by atoms with Crippen molar-refractivity contribution < 1.29 is 14.6 Å². The minimum absolute atomic E-state index is 0.0188. The Labute approximate surface area is 106 Å². The first-order valence-corrected chi connectivity index (χ1v) is 5.78. The van der Waals surface area contributed by atoms with Crippen molar-refractivity contribution in [2.24, 2.45) is 5.73 Å². The van der Waals surface area contributed by atoms with E-state index in [9.17, 15) is 0 Å². The lowest BCUT2D eigenvalue weighted by Crippen LogP contribution is -2.18. The fourth-order valence-electron chi connectivity index (χ4n) is 1.48. The highest BCUT2D eigenvalue weighted by atomic mass is 35.5. The Morgan fingerprint density at radius 1 is 1.41 bits per heavy atom. The molecule has 1 aromatic carbocycles. The number of benzene rings is 1. The fourth-order valence-corrected chi connectivity index (χ4v) is 1.69. The van der Waals surface area contributed by atoms with Gasteiger partial charge in [-0.2, -0.15) is 0 Å². The van der Waals surface area contributed by atoms with Crippen LogP contribution in [-0.2, 0) is 0 Å². The van der Waals surface area contributed by atoms with Crippen LogP contribution in [0.3, 0.4) is 0 Å². The van der Waals surface area contributed by atoms with Gasteiger partial charge in [-0.1, -0.05) is 11.6 Å². The predicted octanol–water partition coefficient (Wildman–Crippen LogP) is 2.13. The molecule has 0 fully saturated rings. The number of hydrogen-bond acceptors (Lipinski definition) is 4. The lowest BCUT2D eigenvalue weighted by molar-refractivity contribution is 0.219. The normalized spacial score (nSPS) is 12.6. The molecule has 0 spiro atoms. The molecule has 0 aliphatic carbocycles. The molecule has 1 atom stereocenters. The Morgan fingerprint density at radius 2 is 2.06 bits per heavy atom. The molecule has 17 heavy (non-hydrogen) atoms. The Balaban J connectivity index is 3.27. The summed E-state index contributed by atoms with van der Waals surface area (Å²) in [5.74, 6) is 1.05. The summed E-state index contributed by atoms with van der Waals surface area (Å²) in [6.07, 6.45) is -0.0188. The lowest BCUT2D eigenvalue weighted by Gasteiger charge is -2.20. The zero-order chi connectivity index (χ0) is 13.0. The summed E-state index contributed by atoms with van der Waals surface area (Å²) >= 11 is 5.97. The largest absolute Gasteiger partial charge is 0.493 e. The number of aliphatic hydroxyl groups excluding tert-OH is 1. The molecule has 0 saturated heterocycles. The van der Waals surface area contributed by atoms with Crippen molar-refractivity contribution in [2.75, 3.05) is 13.7 Å². The van der Waals surface area contributed by atoms with Gasteiger partial charge in [0.1, 0.15) is 0 Å². The summed E-state index contributed by atoms with van der Waals surface area (Å²) in [6.45, 7) is 3.63. The Morgan fingerprint density at radius 3 is 2.53 bits per heavy atom. The second-order valence-corrected chi connectivity index (χ2v) is 4.42. The van der Waals surface area contributed by atoms with E-state index in [-0.39, 0.29) is 12.7 Å². The number of methoxy groups -OCH3 is 1. The molecule has 1 aromatic rings. The molecule has 0 radical (unpaired) electrons. The molecule has 0 aliphatic heterocycles. The highest BCUT2D eigenvalue weighted by molar-refractivity contribution is 6.30. The van der Waals surface area contributed by atoms with E-state index >= 15 is 0 Å². The minimum Gasteiger partial charge on any atom is -0.493 e. The first kappa shape index (κ1) is 14.1. The van der Waals surface area contributed by atoms with E-state index in [0.717, 1.165) is 0 Å². The van der Waals surface area contributed by atoms with Crippen molar-refractivity contribution in [1.29, 1.82) is 0 Å². The molecule has 0 aliphatic rings. The van der Waals surface area contributed by atoms with Crippen molar-refractivity contribution >= 4 is 11.6 Å². The number of halogens is 1. The second kappa shape index (κ2) is 6.10. The quantitative estimate of drug-likeness (QED) is 0.850. The van der Waals surface area contributed by atoms with Crippen molar-refractivity contribution in [1.82, 2.24) is 0 Å². The van der Waals surface area contributed by atoms with E-state index in [0.29, 0.717) is 22.1 Å². The third-order valence-corrected chi connectivity index (χ3v) is 2.44. The number of ether oxygens (including phenoxy) is 2. The zero-order valence-corrected chi connectivity index (χ0v) is 11.0. The van der Waals surface area contributed by atoms with Gasteiger partial charge in [-0.25, -0.2) is 0 Å². The van der Waals surface area contributed by atoms with Gasteiger partial charge in [-0.15, -0.1) is 0 Å². The Bertz CT molecular complexity index is 382. The molecule has 5 heteroatoms. The summed E-state index contributed by atoms with van der Waals surface area (Å²) in [7, 11) is 1.53. The summed E-state index contributed by atoms with van der Waals surface area (Å²) in [5, 5.41) is 9.63. The molecule has 0 amide bonds. The van der Waals surface area contributed by atoms with Crippen LogP contribution in [0.4, 0.5) is 0 Å². The van der Waals surface area contributed by atoms with Gasteiger partial charge in [0.25, 0.3) is 0 Å². The van der Waals surface area contributed by atoms with Crippen LogP contribution in [0.1, 0.15) is 25.5 Å². The summed E-state index contributed by atoms with van der Waals surface area (Å²) in [6, 6.07) is 2.80. The van der Waals surface area contributed by atoms with Crippen molar-refractivity contribution in [2.45, 2.75) is 26.0 Å². The molecule has 0 aromatic heterocycles. The summed E-state index contributed by atoms with van der Waals surface area (Å²) < 4.78 is 10.9. The van der Waals surface area contributed by atoms with Gasteiger partial charge in [-0.05, 0) is 19.9 Å². The average molecular weight is 260 g/mol. The fraction of sp³-hybridized carbons (Fsp3) is 0.500. The van der Waals surface area contributed by atoms with Gasteiger partial charge < -0.3 is 20.3 Å². The summed E-state index contributed by atoms with van der Waals surface area (Å²) in [4.78, 5) is 0. The maximum Gasteiger partial charge on any atom is 0.166 e. The number of hydrogen-bond donors (Lipinski definition) is 2. The number of rotatable bonds is 5. The average Bonchev–Trinajstić information content (AvgIpc) is 2.29. The van der Waals surface area contributed by atoms with Crippen molar-refractivity contribution in [3.05, 3.63) is 22.7 Å². The molecule has 0 saturated carbocycles. The Kier molecular flexibility index (Phi) is 5.05. The van der Waals surface area contributed by atoms with Gasteiger partial charge in [0, 0.05) is 16.7 Å². The van der Waals surface area contributed by atoms with Gasteiger partial charge in [0.15, 0.2) is 11.5 Å². The van der Waals surface area contributed by atoms with Crippen LogP contribution in [0.15, 0.2) is 12.1 Å². The molecule has 4 nitrogen and oxygen atoms in total. The molecule has 1 rings (SSSR count). The maximum absolute atomic E-state index is 9.14. The third-order valence-electron chi connectivity index (χ3n) is 2.22. The van der Waals surface area contributed by atoms with Crippen LogP contribution in [0, 0.1) is 0 Å². The van der Waals surface area contributed by atoms with Crippen LogP contribution in [-0.4, -0.2) is 24.9 Å². The van der Waals surface area contributed by atoms with Crippen molar-refractivity contribution in [3.63, 3.8) is 0 Å². The van der Waals surface area contributed by atoms with Crippen LogP contribution in [0.5, 0.6) is 11.5 Å². The SMILES string of the molecule is COc1cc(Cl)cc(C(N)CO)c1OC(C)C. The molecule has 3 N–H and O–H groups in total. The lowest BCUT2D eigenvalue weighted by atomic mass is 10.1. The monoisotopic (exact) mass is 259 g/mol. The van der Waals surface area contributed by atoms with E-state index in [1.54, 1.807) is 12.1 Å². The van der Waals surface area contributed by atoms with Crippen molar-refractivity contribution in [3.8, 4) is 11.5 Å².